The molecule has 2 N–H and O–H groups in total. The molecule has 26 heavy (non-hydrogen) atoms. The average molecular weight is 370 g/mol. The van der Waals surface area contributed by atoms with Gasteiger partial charge < -0.3 is 5.32 Å². The molecule has 3 aromatic heterocycles. The molecule has 1 aliphatic rings. The largest absolute Gasteiger partial charge is 0.315 e. The fourth-order valence-corrected chi connectivity index (χ4v) is 3.99. The number of anilines is 2. The number of aromatic amines is 1. The summed E-state index contributed by atoms with van der Waals surface area (Å²) in [5, 5.41) is 20.2. The van der Waals surface area contributed by atoms with Gasteiger partial charge in [-0.25, -0.2) is 9.97 Å². The quantitative estimate of drug-likeness (QED) is 0.712. The molecule has 0 radical (unpaired) electrons. The molecule has 0 bridgehead atoms. The van der Waals surface area contributed by atoms with E-state index >= 15 is 0 Å². The lowest BCUT2D eigenvalue weighted by molar-refractivity contribution is 0.135. The molecule has 4 rings (SSSR count). The molecule has 3 aromatic rings. The van der Waals surface area contributed by atoms with Crippen LogP contribution in [-0.4, -0.2) is 41.8 Å². The first-order valence-electron chi connectivity index (χ1n) is 8.82. The van der Waals surface area contributed by atoms with E-state index in [0.717, 1.165) is 52.7 Å². The van der Waals surface area contributed by atoms with Gasteiger partial charge >= 0.3 is 0 Å². The Labute approximate surface area is 156 Å². The number of hydrogen-bond acceptors (Lipinski definition) is 8. The predicted molar refractivity (Wildman–Crippen MR) is 100 cm³/mol. The lowest BCUT2D eigenvalue weighted by Crippen LogP contribution is -2.33. The normalized spacial score (nSPS) is 18.2. The summed E-state index contributed by atoms with van der Waals surface area (Å²) < 4.78 is 0. The minimum Gasteiger partial charge on any atom is -0.315 e. The van der Waals surface area contributed by atoms with Crippen molar-refractivity contribution in [3.63, 3.8) is 0 Å². The number of H-pyrrole nitrogens is 1. The van der Waals surface area contributed by atoms with E-state index in [1.807, 2.05) is 26.0 Å². The number of rotatable bonds is 5. The second-order valence-corrected chi connectivity index (χ2v) is 7.72. The molecule has 4 heterocycles. The summed E-state index contributed by atoms with van der Waals surface area (Å²) in [5.74, 6) is 1.54. The van der Waals surface area contributed by atoms with Crippen molar-refractivity contribution < 1.29 is 0 Å². The molecular formula is C17H22N8S. The van der Waals surface area contributed by atoms with Crippen LogP contribution in [0.25, 0.3) is 0 Å². The number of aryl methyl sites for hydroxylation is 2. The second kappa shape index (κ2) is 7.46. The van der Waals surface area contributed by atoms with E-state index in [2.05, 4.69) is 35.6 Å². The molecular weight excluding hydrogens is 348 g/mol. The van der Waals surface area contributed by atoms with E-state index in [-0.39, 0.29) is 6.04 Å². The van der Waals surface area contributed by atoms with Crippen LogP contribution >= 0.6 is 11.3 Å². The molecule has 0 saturated carbocycles. The molecule has 1 fully saturated rings. The first-order chi connectivity index (χ1) is 12.7. The SMILES string of the molecule is Cc1nc(Nc2nnc(C)s2)cc([C@@H]2CCCCN2Cc2ccn[nH]2)n1. The molecule has 1 atom stereocenters. The number of nitrogens with one attached hydrogen (secondary N) is 2. The van der Waals surface area contributed by atoms with Crippen molar-refractivity contribution in [2.75, 3.05) is 11.9 Å². The van der Waals surface area contributed by atoms with E-state index in [0.29, 0.717) is 0 Å². The second-order valence-electron chi connectivity index (χ2n) is 6.54. The van der Waals surface area contributed by atoms with Gasteiger partial charge in [-0.3, -0.25) is 10.00 Å². The van der Waals surface area contributed by atoms with Gasteiger partial charge in [0.05, 0.1) is 11.7 Å². The van der Waals surface area contributed by atoms with Gasteiger partial charge in [-0.05, 0) is 39.3 Å². The van der Waals surface area contributed by atoms with Gasteiger partial charge in [0, 0.05) is 24.5 Å². The Kier molecular flexibility index (Phi) is 4.89. The third-order valence-electron chi connectivity index (χ3n) is 4.51. The van der Waals surface area contributed by atoms with E-state index in [4.69, 9.17) is 4.98 Å². The molecule has 9 heteroatoms. The third-order valence-corrected chi connectivity index (χ3v) is 5.26. The van der Waals surface area contributed by atoms with Crippen LogP contribution in [0.4, 0.5) is 10.9 Å². The Morgan fingerprint density at radius 2 is 2.19 bits per heavy atom. The summed E-state index contributed by atoms with van der Waals surface area (Å²) in [6, 6.07) is 4.35. The Morgan fingerprint density at radius 1 is 1.27 bits per heavy atom. The van der Waals surface area contributed by atoms with Gasteiger partial charge in [0.2, 0.25) is 5.13 Å². The molecule has 0 spiro atoms. The molecule has 0 amide bonds. The van der Waals surface area contributed by atoms with Crippen molar-refractivity contribution in [1.29, 1.82) is 0 Å². The molecule has 1 saturated heterocycles. The predicted octanol–water partition coefficient (Wildman–Crippen LogP) is 3.14. The van der Waals surface area contributed by atoms with Crippen molar-refractivity contribution >= 4 is 22.3 Å². The summed E-state index contributed by atoms with van der Waals surface area (Å²) in [6.07, 6.45) is 5.33. The first kappa shape index (κ1) is 17.0. The molecule has 0 aliphatic carbocycles. The fourth-order valence-electron chi connectivity index (χ4n) is 3.39. The highest BCUT2D eigenvalue weighted by atomic mass is 32.1. The fraction of sp³-hybridized carbons (Fsp3) is 0.471. The highest BCUT2D eigenvalue weighted by molar-refractivity contribution is 7.15. The lowest BCUT2D eigenvalue weighted by atomic mass is 9.98. The van der Waals surface area contributed by atoms with Crippen molar-refractivity contribution in [2.24, 2.45) is 0 Å². The molecule has 8 nitrogen and oxygen atoms in total. The molecule has 0 aromatic carbocycles. The topological polar surface area (TPSA) is 95.5 Å². The number of nitrogens with zero attached hydrogens (tertiary/aromatic N) is 6. The van der Waals surface area contributed by atoms with Gasteiger partial charge in [0.1, 0.15) is 16.6 Å². The van der Waals surface area contributed by atoms with Crippen molar-refractivity contribution in [3.05, 3.63) is 40.5 Å². The maximum atomic E-state index is 4.73. The number of piperidine rings is 1. The monoisotopic (exact) mass is 370 g/mol. The number of hydrogen-bond donors (Lipinski definition) is 2. The highest BCUT2D eigenvalue weighted by Gasteiger charge is 2.26. The van der Waals surface area contributed by atoms with Crippen LogP contribution < -0.4 is 5.32 Å². The van der Waals surface area contributed by atoms with Crippen LogP contribution in [0.15, 0.2) is 18.3 Å². The summed E-state index contributed by atoms with van der Waals surface area (Å²) in [7, 11) is 0. The van der Waals surface area contributed by atoms with Crippen LogP contribution in [0.2, 0.25) is 0 Å². The summed E-state index contributed by atoms with van der Waals surface area (Å²) >= 11 is 1.52. The first-order valence-corrected chi connectivity index (χ1v) is 9.64. The van der Waals surface area contributed by atoms with Gasteiger partial charge in [-0.2, -0.15) is 5.10 Å². The van der Waals surface area contributed by atoms with Gasteiger partial charge in [0.15, 0.2) is 0 Å². The van der Waals surface area contributed by atoms with Crippen LogP contribution in [0.5, 0.6) is 0 Å². The molecule has 1 aliphatic heterocycles. The Balaban J connectivity index is 1.58. The number of aromatic nitrogens is 6. The summed E-state index contributed by atoms with van der Waals surface area (Å²) in [6.45, 7) is 5.79. The summed E-state index contributed by atoms with van der Waals surface area (Å²) in [4.78, 5) is 11.7. The van der Waals surface area contributed by atoms with Crippen molar-refractivity contribution in [1.82, 2.24) is 35.3 Å². The highest BCUT2D eigenvalue weighted by Crippen LogP contribution is 2.32. The minimum absolute atomic E-state index is 0.283. The van der Waals surface area contributed by atoms with Crippen LogP contribution in [-0.2, 0) is 6.54 Å². The zero-order valence-electron chi connectivity index (χ0n) is 14.9. The van der Waals surface area contributed by atoms with E-state index < -0.39 is 0 Å². The Bertz CT molecular complexity index is 860. The maximum absolute atomic E-state index is 4.73. The van der Waals surface area contributed by atoms with Crippen LogP contribution in [0, 0.1) is 13.8 Å². The van der Waals surface area contributed by atoms with Crippen LogP contribution in [0.3, 0.4) is 0 Å². The number of likely N-dealkylation sites (tertiary alicyclic amines) is 1. The van der Waals surface area contributed by atoms with Gasteiger partial charge in [0.25, 0.3) is 0 Å². The van der Waals surface area contributed by atoms with E-state index in [1.54, 1.807) is 6.20 Å². The standard InChI is InChI=1S/C17H22N8S/c1-11-19-14(9-16(20-11)21-17-24-22-12(2)26-17)15-5-3-4-8-25(15)10-13-6-7-18-23-13/h6-7,9,15H,3-5,8,10H2,1-2H3,(H,18,23)(H,19,20,21,24)/t15-/m0/s1. The lowest BCUT2D eigenvalue weighted by Gasteiger charge is -2.35. The average Bonchev–Trinajstić information content (AvgIpc) is 3.27. The smallest absolute Gasteiger partial charge is 0.211 e. The van der Waals surface area contributed by atoms with Gasteiger partial charge in [-0.15, -0.1) is 10.2 Å². The zero-order valence-corrected chi connectivity index (χ0v) is 15.8. The zero-order chi connectivity index (χ0) is 17.9. The molecule has 136 valence electrons. The Hall–Kier alpha value is -2.39. The van der Waals surface area contributed by atoms with Crippen molar-refractivity contribution in [3.8, 4) is 0 Å². The van der Waals surface area contributed by atoms with E-state index in [9.17, 15) is 0 Å². The molecule has 0 unspecified atom stereocenters. The van der Waals surface area contributed by atoms with Crippen molar-refractivity contribution in [2.45, 2.75) is 45.7 Å². The van der Waals surface area contributed by atoms with Crippen LogP contribution in [0.1, 0.15) is 47.5 Å². The van der Waals surface area contributed by atoms with Gasteiger partial charge in [-0.1, -0.05) is 17.8 Å². The summed E-state index contributed by atoms with van der Waals surface area (Å²) in [5.41, 5.74) is 2.19. The maximum Gasteiger partial charge on any atom is 0.211 e. The minimum atomic E-state index is 0.283. The third kappa shape index (κ3) is 3.88. The van der Waals surface area contributed by atoms with E-state index in [1.165, 1.54) is 24.2 Å². The Morgan fingerprint density at radius 3 is 2.96 bits per heavy atom.